The van der Waals surface area contributed by atoms with E-state index in [0.717, 1.165) is 11.2 Å². The topological polar surface area (TPSA) is 146 Å². The molecule has 0 aliphatic heterocycles. The molecule has 4 aromatic rings. The number of nitrogens with zero attached hydrogens (tertiary/aromatic N) is 7. The third kappa shape index (κ3) is 2.98. The van der Waals surface area contributed by atoms with Crippen LogP contribution in [0.4, 0.5) is 17.3 Å². The molecule has 0 amide bonds. The molecule has 0 bridgehead atoms. The third-order valence-corrected chi connectivity index (χ3v) is 3.52. The molecule has 0 atom stereocenters. The van der Waals surface area contributed by atoms with Crippen LogP contribution in [0, 0.1) is 0 Å². The van der Waals surface area contributed by atoms with Gasteiger partial charge in [0.25, 0.3) is 0 Å². The highest BCUT2D eigenvalue weighted by atomic mass is 15.1. The lowest BCUT2D eigenvalue weighted by molar-refractivity contribution is 0.993. The number of hydrogen-bond acceptors (Lipinski definition) is 7. The van der Waals surface area contributed by atoms with Crippen LogP contribution in [0.15, 0.2) is 60.5 Å². The summed E-state index contributed by atoms with van der Waals surface area (Å²) in [6, 6.07) is 5.56. The first-order valence-corrected chi connectivity index (χ1v) is 7.62. The molecule has 26 heavy (non-hydrogen) atoms. The summed E-state index contributed by atoms with van der Waals surface area (Å²) in [7, 11) is 0. The molecular weight excluding hydrogens is 332 g/mol. The molecule has 0 saturated carbocycles. The third-order valence-electron chi connectivity index (χ3n) is 3.52. The first-order valence-electron chi connectivity index (χ1n) is 7.62. The molecular formula is C16H14N10. The fraction of sp³-hybridized carbons (Fsp3) is 0. The number of guanidine groups is 1. The maximum Gasteiger partial charge on any atom is 0.192 e. The number of rotatable bonds is 4. The minimum Gasteiger partial charge on any atom is -0.370 e. The Balaban J connectivity index is 1.71. The molecule has 0 fully saturated rings. The van der Waals surface area contributed by atoms with Crippen molar-refractivity contribution >= 4 is 34.3 Å². The Morgan fingerprint density at radius 3 is 2.54 bits per heavy atom. The van der Waals surface area contributed by atoms with Crippen LogP contribution >= 0.6 is 0 Å². The first-order chi connectivity index (χ1) is 12.7. The summed E-state index contributed by atoms with van der Waals surface area (Å²) in [4.78, 5) is 25.2. The van der Waals surface area contributed by atoms with Crippen molar-refractivity contribution in [3.63, 3.8) is 0 Å². The number of aromatic nitrogens is 6. The summed E-state index contributed by atoms with van der Waals surface area (Å²) in [5.74, 6) is 1.48. The van der Waals surface area contributed by atoms with E-state index < -0.39 is 0 Å². The van der Waals surface area contributed by atoms with Crippen LogP contribution in [0.5, 0.6) is 0 Å². The quantitative estimate of drug-likeness (QED) is 0.370. The van der Waals surface area contributed by atoms with Gasteiger partial charge in [0.15, 0.2) is 23.4 Å². The smallest absolute Gasteiger partial charge is 0.192 e. The summed E-state index contributed by atoms with van der Waals surface area (Å²) in [5, 5.41) is 3.23. The Kier molecular flexibility index (Phi) is 3.82. The normalized spacial score (nSPS) is 10.6. The van der Waals surface area contributed by atoms with Crippen LogP contribution in [0.25, 0.3) is 16.9 Å². The van der Waals surface area contributed by atoms with Gasteiger partial charge in [-0.15, -0.1) is 0 Å². The van der Waals surface area contributed by atoms with E-state index in [2.05, 4.69) is 35.2 Å². The van der Waals surface area contributed by atoms with Gasteiger partial charge >= 0.3 is 0 Å². The number of imidazole rings is 1. The summed E-state index contributed by atoms with van der Waals surface area (Å²) >= 11 is 0. The molecule has 4 heterocycles. The van der Waals surface area contributed by atoms with E-state index in [1.165, 1.54) is 6.20 Å². The Bertz CT molecular complexity index is 1070. The molecule has 0 saturated heterocycles. The number of fused-ring (bicyclic) bond motifs is 1. The van der Waals surface area contributed by atoms with Crippen molar-refractivity contribution in [2.45, 2.75) is 0 Å². The van der Waals surface area contributed by atoms with Crippen molar-refractivity contribution in [1.29, 1.82) is 0 Å². The van der Waals surface area contributed by atoms with Gasteiger partial charge in [0, 0.05) is 24.3 Å². The summed E-state index contributed by atoms with van der Waals surface area (Å²) < 4.78 is 1.81. The lowest BCUT2D eigenvalue weighted by Gasteiger charge is -2.06. The van der Waals surface area contributed by atoms with Crippen LogP contribution in [0.1, 0.15) is 0 Å². The zero-order valence-corrected chi connectivity index (χ0v) is 13.5. The maximum atomic E-state index is 5.34. The van der Waals surface area contributed by atoms with Crippen LogP contribution in [-0.4, -0.2) is 35.4 Å². The number of pyridine rings is 2. The predicted octanol–water partition coefficient (Wildman–Crippen LogP) is 1.25. The minimum atomic E-state index is -0.0713. The second kappa shape index (κ2) is 6.43. The van der Waals surface area contributed by atoms with Crippen molar-refractivity contribution in [2.75, 3.05) is 5.32 Å². The Labute approximate surface area is 147 Å². The van der Waals surface area contributed by atoms with Gasteiger partial charge in [-0.3, -0.25) is 9.55 Å². The summed E-state index contributed by atoms with van der Waals surface area (Å²) in [5.41, 5.74) is 13.1. The van der Waals surface area contributed by atoms with Crippen LogP contribution < -0.4 is 16.8 Å². The molecule has 0 unspecified atom stereocenters. The van der Waals surface area contributed by atoms with Crippen LogP contribution in [0.3, 0.4) is 0 Å². The van der Waals surface area contributed by atoms with E-state index in [-0.39, 0.29) is 5.96 Å². The Morgan fingerprint density at radius 2 is 1.81 bits per heavy atom. The molecule has 10 heteroatoms. The van der Waals surface area contributed by atoms with Gasteiger partial charge in [-0.05, 0) is 18.2 Å². The molecule has 5 N–H and O–H groups in total. The molecule has 10 nitrogen and oxygen atoms in total. The Morgan fingerprint density at radius 1 is 0.962 bits per heavy atom. The number of anilines is 2. The van der Waals surface area contributed by atoms with Gasteiger partial charge in [-0.1, -0.05) is 0 Å². The van der Waals surface area contributed by atoms with Gasteiger partial charge in [-0.25, -0.2) is 19.9 Å². The molecule has 0 spiro atoms. The highest BCUT2D eigenvalue weighted by Crippen LogP contribution is 2.24. The highest BCUT2D eigenvalue weighted by Gasteiger charge is 2.11. The fourth-order valence-corrected chi connectivity index (χ4v) is 2.42. The van der Waals surface area contributed by atoms with Crippen molar-refractivity contribution < 1.29 is 0 Å². The molecule has 0 aliphatic rings. The van der Waals surface area contributed by atoms with Crippen LogP contribution in [0.2, 0.25) is 0 Å². The SMILES string of the molecule is NC(N)=Nc1cnc(-n2cnc3c(Nc4ccncc4)nccc32)cn1. The van der Waals surface area contributed by atoms with Gasteiger partial charge < -0.3 is 16.8 Å². The van der Waals surface area contributed by atoms with E-state index in [9.17, 15) is 0 Å². The van der Waals surface area contributed by atoms with Crippen molar-refractivity contribution in [3.05, 3.63) is 55.5 Å². The van der Waals surface area contributed by atoms with Crippen LogP contribution in [-0.2, 0) is 0 Å². The lowest BCUT2D eigenvalue weighted by Crippen LogP contribution is -2.22. The highest BCUT2D eigenvalue weighted by molar-refractivity contribution is 5.88. The summed E-state index contributed by atoms with van der Waals surface area (Å²) in [6.45, 7) is 0. The molecule has 0 aromatic carbocycles. The number of hydrogen-bond donors (Lipinski definition) is 3. The number of aliphatic imine (C=N–C) groups is 1. The van der Waals surface area contributed by atoms with E-state index in [1.807, 2.05) is 18.2 Å². The van der Waals surface area contributed by atoms with Gasteiger partial charge in [0.05, 0.1) is 17.9 Å². The van der Waals surface area contributed by atoms with E-state index in [4.69, 9.17) is 11.5 Å². The van der Waals surface area contributed by atoms with E-state index in [1.54, 1.807) is 35.7 Å². The second-order valence-electron chi connectivity index (χ2n) is 5.27. The summed E-state index contributed by atoms with van der Waals surface area (Å²) in [6.07, 6.45) is 9.82. The largest absolute Gasteiger partial charge is 0.370 e. The van der Waals surface area contributed by atoms with Crippen molar-refractivity contribution in [1.82, 2.24) is 29.5 Å². The Hall–Kier alpha value is -4.08. The molecule has 0 aliphatic carbocycles. The van der Waals surface area contributed by atoms with E-state index >= 15 is 0 Å². The second-order valence-corrected chi connectivity index (χ2v) is 5.27. The number of nitrogens with two attached hydrogens (primary N) is 2. The minimum absolute atomic E-state index is 0.0713. The number of nitrogens with one attached hydrogen (secondary N) is 1. The molecule has 4 aromatic heterocycles. The van der Waals surface area contributed by atoms with Crippen molar-refractivity contribution in [2.24, 2.45) is 16.5 Å². The first kappa shape index (κ1) is 15.4. The molecule has 0 radical (unpaired) electrons. The zero-order valence-electron chi connectivity index (χ0n) is 13.5. The van der Waals surface area contributed by atoms with Gasteiger partial charge in [-0.2, -0.15) is 4.99 Å². The maximum absolute atomic E-state index is 5.34. The average Bonchev–Trinajstić information content (AvgIpc) is 3.08. The predicted molar refractivity (Wildman–Crippen MR) is 97.4 cm³/mol. The average molecular weight is 346 g/mol. The monoisotopic (exact) mass is 346 g/mol. The van der Waals surface area contributed by atoms with Crippen molar-refractivity contribution in [3.8, 4) is 5.82 Å². The molecule has 128 valence electrons. The lowest BCUT2D eigenvalue weighted by atomic mass is 10.3. The fourth-order valence-electron chi connectivity index (χ4n) is 2.42. The molecule has 4 rings (SSSR count). The van der Waals surface area contributed by atoms with E-state index in [0.29, 0.717) is 23.0 Å². The van der Waals surface area contributed by atoms with Gasteiger partial charge in [0.1, 0.15) is 11.8 Å². The zero-order chi connectivity index (χ0) is 17.9. The van der Waals surface area contributed by atoms with Gasteiger partial charge in [0.2, 0.25) is 0 Å². The standard InChI is InChI=1S/C16H14N10/c17-16(18)25-12-7-22-13(8-21-12)26-9-23-14-11(26)3-6-20-15(14)24-10-1-4-19-5-2-10/h1-9H,(H,19,20,24)(H4,17,18,21,25).